The Bertz CT molecular complexity index is 464. The second kappa shape index (κ2) is 6.36. The van der Waals surface area contributed by atoms with Crippen LogP contribution >= 0.6 is 11.6 Å². The van der Waals surface area contributed by atoms with Gasteiger partial charge in [-0.15, -0.1) is 0 Å². The lowest BCUT2D eigenvalue weighted by atomic mass is 9.69. The highest BCUT2D eigenvalue weighted by Crippen LogP contribution is 2.45. The van der Waals surface area contributed by atoms with Crippen LogP contribution in [0.1, 0.15) is 63.0 Å². The van der Waals surface area contributed by atoms with E-state index in [4.69, 9.17) is 22.1 Å². The number of benzene rings is 1. The summed E-state index contributed by atoms with van der Waals surface area (Å²) in [4.78, 5) is 0. The van der Waals surface area contributed by atoms with Gasteiger partial charge in [-0.2, -0.15) is 0 Å². The van der Waals surface area contributed by atoms with Crippen LogP contribution < -0.4 is 10.5 Å². The van der Waals surface area contributed by atoms with Gasteiger partial charge in [0, 0.05) is 12.0 Å². The van der Waals surface area contributed by atoms with Crippen LogP contribution in [-0.2, 0) is 5.41 Å². The van der Waals surface area contributed by atoms with Crippen LogP contribution in [0.4, 0.5) is 0 Å². The maximum Gasteiger partial charge on any atom is 0.138 e. The van der Waals surface area contributed by atoms with Crippen molar-refractivity contribution in [3.05, 3.63) is 28.3 Å². The Hall–Kier alpha value is -0.730. The zero-order valence-electron chi connectivity index (χ0n) is 12.8. The standard InChI is InChI=1S/C17H26ClNO/c1-12(2)13-9-14(16(18)15(10-13)20-3)17(11-19)7-5-4-6-8-17/h9-10,12H,4-8,11,19H2,1-3H3. The van der Waals surface area contributed by atoms with Gasteiger partial charge in [0.2, 0.25) is 0 Å². The lowest BCUT2D eigenvalue weighted by Gasteiger charge is -2.38. The maximum absolute atomic E-state index is 6.61. The second-order valence-electron chi connectivity index (χ2n) is 6.28. The van der Waals surface area contributed by atoms with Crippen LogP contribution in [0.5, 0.6) is 5.75 Å². The SMILES string of the molecule is COc1cc(C(C)C)cc(C2(CN)CCCCC2)c1Cl. The Morgan fingerprint density at radius 3 is 2.40 bits per heavy atom. The summed E-state index contributed by atoms with van der Waals surface area (Å²) < 4.78 is 5.48. The Morgan fingerprint density at radius 1 is 1.25 bits per heavy atom. The first kappa shape index (κ1) is 15.7. The summed E-state index contributed by atoms with van der Waals surface area (Å²) in [5, 5.41) is 0.754. The Kier molecular flexibility index (Phi) is 4.98. The predicted octanol–water partition coefficient (Wildman–Crippen LogP) is 4.63. The van der Waals surface area contributed by atoms with Crippen molar-refractivity contribution in [3.63, 3.8) is 0 Å². The van der Waals surface area contributed by atoms with Crippen molar-refractivity contribution in [1.82, 2.24) is 0 Å². The summed E-state index contributed by atoms with van der Waals surface area (Å²) in [5.41, 5.74) is 8.67. The molecule has 112 valence electrons. The highest BCUT2D eigenvalue weighted by Gasteiger charge is 2.35. The van der Waals surface area contributed by atoms with E-state index in [9.17, 15) is 0 Å². The average Bonchev–Trinajstić information content (AvgIpc) is 2.47. The molecule has 0 aliphatic heterocycles. The normalized spacial score (nSPS) is 18.3. The fourth-order valence-electron chi connectivity index (χ4n) is 3.30. The first-order valence-electron chi connectivity index (χ1n) is 7.62. The molecule has 0 spiro atoms. The monoisotopic (exact) mass is 295 g/mol. The first-order valence-corrected chi connectivity index (χ1v) is 8.00. The topological polar surface area (TPSA) is 35.2 Å². The van der Waals surface area contributed by atoms with Crippen LogP contribution in [0, 0.1) is 0 Å². The van der Waals surface area contributed by atoms with Gasteiger partial charge in [0.15, 0.2) is 0 Å². The summed E-state index contributed by atoms with van der Waals surface area (Å²) in [5.74, 6) is 1.24. The molecule has 1 saturated carbocycles. The van der Waals surface area contributed by atoms with Crippen LogP contribution in [0.2, 0.25) is 5.02 Å². The van der Waals surface area contributed by atoms with Crippen molar-refractivity contribution >= 4 is 11.6 Å². The van der Waals surface area contributed by atoms with Crippen molar-refractivity contribution in [2.45, 2.75) is 57.3 Å². The van der Waals surface area contributed by atoms with Crippen molar-refractivity contribution < 1.29 is 4.74 Å². The summed E-state index contributed by atoms with van der Waals surface area (Å²) in [6, 6.07) is 4.32. The number of rotatable bonds is 4. The van der Waals surface area contributed by atoms with E-state index in [0.29, 0.717) is 12.5 Å². The van der Waals surface area contributed by atoms with Gasteiger partial charge in [0.1, 0.15) is 5.75 Å². The number of hydrogen-bond donors (Lipinski definition) is 1. The van der Waals surface area contributed by atoms with Gasteiger partial charge in [-0.3, -0.25) is 0 Å². The lowest BCUT2D eigenvalue weighted by Crippen LogP contribution is -2.37. The van der Waals surface area contributed by atoms with E-state index in [1.54, 1.807) is 7.11 Å². The molecule has 3 heteroatoms. The van der Waals surface area contributed by atoms with Crippen LogP contribution in [0.15, 0.2) is 12.1 Å². The smallest absolute Gasteiger partial charge is 0.138 e. The number of methoxy groups -OCH3 is 1. The van der Waals surface area contributed by atoms with Crippen LogP contribution in [-0.4, -0.2) is 13.7 Å². The maximum atomic E-state index is 6.61. The van der Waals surface area contributed by atoms with Crippen molar-refractivity contribution in [1.29, 1.82) is 0 Å². The molecule has 1 aromatic rings. The molecule has 0 atom stereocenters. The zero-order valence-corrected chi connectivity index (χ0v) is 13.6. The Labute approximate surface area is 127 Å². The Morgan fingerprint density at radius 2 is 1.90 bits per heavy atom. The molecule has 1 aromatic carbocycles. The summed E-state index contributed by atoms with van der Waals surface area (Å²) >= 11 is 6.61. The quantitative estimate of drug-likeness (QED) is 0.879. The molecule has 2 rings (SSSR count). The van der Waals surface area contributed by atoms with Crippen molar-refractivity contribution in [3.8, 4) is 5.75 Å². The zero-order chi connectivity index (χ0) is 14.8. The fraction of sp³-hybridized carbons (Fsp3) is 0.647. The molecule has 1 aliphatic rings. The van der Waals surface area contributed by atoms with Crippen LogP contribution in [0.3, 0.4) is 0 Å². The number of ether oxygens (including phenoxy) is 1. The molecular weight excluding hydrogens is 270 g/mol. The molecule has 0 bridgehead atoms. The van der Waals surface area contributed by atoms with E-state index < -0.39 is 0 Å². The molecule has 2 nitrogen and oxygen atoms in total. The van der Waals surface area contributed by atoms with E-state index >= 15 is 0 Å². The van der Waals surface area contributed by atoms with Gasteiger partial charge >= 0.3 is 0 Å². The highest BCUT2D eigenvalue weighted by molar-refractivity contribution is 6.33. The van der Waals surface area contributed by atoms with Crippen molar-refractivity contribution in [2.24, 2.45) is 5.73 Å². The average molecular weight is 296 g/mol. The molecule has 1 fully saturated rings. The molecular formula is C17H26ClNO. The van der Waals surface area contributed by atoms with E-state index in [-0.39, 0.29) is 5.41 Å². The molecule has 0 amide bonds. The third-order valence-electron chi connectivity index (χ3n) is 4.72. The fourth-order valence-corrected chi connectivity index (χ4v) is 3.69. The summed E-state index contributed by atoms with van der Waals surface area (Å²) in [7, 11) is 1.69. The van der Waals surface area contributed by atoms with Gasteiger partial charge in [-0.1, -0.05) is 50.8 Å². The third kappa shape index (κ3) is 2.82. The molecule has 0 unspecified atom stereocenters. The van der Waals surface area contributed by atoms with E-state index in [0.717, 1.165) is 23.6 Å². The van der Waals surface area contributed by atoms with Gasteiger partial charge in [0.25, 0.3) is 0 Å². The lowest BCUT2D eigenvalue weighted by molar-refractivity contribution is 0.299. The summed E-state index contributed by atoms with van der Waals surface area (Å²) in [6.45, 7) is 5.06. The molecule has 2 N–H and O–H groups in total. The Balaban J connectivity index is 2.55. The van der Waals surface area contributed by atoms with Gasteiger partial charge < -0.3 is 10.5 Å². The van der Waals surface area contributed by atoms with E-state index in [2.05, 4.69) is 26.0 Å². The van der Waals surface area contributed by atoms with Crippen LogP contribution in [0.25, 0.3) is 0 Å². The first-order chi connectivity index (χ1) is 9.54. The van der Waals surface area contributed by atoms with Gasteiger partial charge in [-0.25, -0.2) is 0 Å². The predicted molar refractivity (Wildman–Crippen MR) is 85.9 cm³/mol. The number of hydrogen-bond acceptors (Lipinski definition) is 2. The molecule has 0 aromatic heterocycles. The van der Waals surface area contributed by atoms with Gasteiger partial charge in [0.05, 0.1) is 12.1 Å². The third-order valence-corrected chi connectivity index (χ3v) is 5.11. The molecule has 0 radical (unpaired) electrons. The minimum Gasteiger partial charge on any atom is -0.495 e. The largest absolute Gasteiger partial charge is 0.495 e. The van der Waals surface area contributed by atoms with E-state index in [1.165, 1.54) is 30.4 Å². The molecule has 20 heavy (non-hydrogen) atoms. The summed E-state index contributed by atoms with van der Waals surface area (Å²) in [6.07, 6.45) is 6.05. The minimum atomic E-state index is 0.0352. The molecule has 1 aliphatic carbocycles. The molecule has 0 saturated heterocycles. The van der Waals surface area contributed by atoms with E-state index in [1.807, 2.05) is 0 Å². The second-order valence-corrected chi connectivity index (χ2v) is 6.66. The van der Waals surface area contributed by atoms with Gasteiger partial charge in [-0.05, 0) is 36.0 Å². The minimum absolute atomic E-state index is 0.0352. The highest BCUT2D eigenvalue weighted by atomic mass is 35.5. The number of halogens is 1. The number of nitrogens with two attached hydrogens (primary N) is 1. The molecule has 0 heterocycles. The van der Waals surface area contributed by atoms with Crippen molar-refractivity contribution in [2.75, 3.05) is 13.7 Å².